The van der Waals surface area contributed by atoms with E-state index in [0.717, 1.165) is 0 Å². The predicted octanol–water partition coefficient (Wildman–Crippen LogP) is 14.5. The zero-order valence-electron chi connectivity index (χ0n) is 28.7. The largest absolute Gasteiger partial charge is 0.0617 e. The summed E-state index contributed by atoms with van der Waals surface area (Å²) in [4.78, 5) is 0. The topological polar surface area (TPSA) is 0 Å². The van der Waals surface area contributed by atoms with Gasteiger partial charge in [0.25, 0.3) is 0 Å². The van der Waals surface area contributed by atoms with Gasteiger partial charge in [0, 0.05) is 0 Å². The summed E-state index contributed by atoms with van der Waals surface area (Å²) in [5.41, 5.74) is 5.04. The molecule has 0 radical (unpaired) electrons. The minimum absolute atomic E-state index is 0.219. The first-order valence-electron chi connectivity index (χ1n) is 18.3. The molecule has 0 saturated carbocycles. The van der Waals surface area contributed by atoms with Crippen LogP contribution in [0.5, 0.6) is 0 Å². The van der Waals surface area contributed by atoms with Gasteiger partial charge in [-0.2, -0.15) is 0 Å². The van der Waals surface area contributed by atoms with E-state index < -0.39 is 0 Å². The van der Waals surface area contributed by atoms with Gasteiger partial charge >= 0.3 is 283 Å². The molecule has 0 amide bonds. The fourth-order valence-electron chi connectivity index (χ4n) is 9.22. The van der Waals surface area contributed by atoms with Gasteiger partial charge in [-0.05, 0) is 0 Å². The Morgan fingerprint density at radius 2 is 0.585 bits per heavy atom. The maximum absolute atomic E-state index is 2.53. The monoisotopic (exact) mass is 734 g/mol. The molecule has 244 valence electrons. The fraction of sp³-hybridized carbons (Fsp3) is 0. The van der Waals surface area contributed by atoms with Crippen LogP contribution in [0.25, 0.3) is 117 Å². The van der Waals surface area contributed by atoms with Crippen molar-refractivity contribution < 1.29 is 0 Å². The van der Waals surface area contributed by atoms with E-state index in [-0.39, 0.29) is 14.5 Å². The summed E-state index contributed by atoms with van der Waals surface area (Å²) in [5.74, 6) is 0. The Bertz CT molecular complexity index is 3500. The van der Waals surface area contributed by atoms with Crippen LogP contribution in [0.1, 0.15) is 0 Å². The van der Waals surface area contributed by atoms with Gasteiger partial charge in [-0.25, -0.2) is 0 Å². The molecule has 0 N–H and O–H groups in total. The number of fused-ring (bicyclic) bond motifs is 16. The van der Waals surface area contributed by atoms with Gasteiger partial charge in [-0.1, -0.05) is 30.3 Å². The first-order chi connectivity index (χ1) is 26.3. The molecule has 53 heavy (non-hydrogen) atoms. The Kier molecular flexibility index (Phi) is 6.16. The van der Waals surface area contributed by atoms with Crippen LogP contribution in [0.4, 0.5) is 0 Å². The van der Waals surface area contributed by atoms with Gasteiger partial charge in [0.1, 0.15) is 0 Å². The summed E-state index contributed by atoms with van der Waals surface area (Å²) >= 11 is 0.219. The zero-order valence-corrected chi connectivity index (χ0v) is 30.4. The quantitative estimate of drug-likeness (QED) is 0.123. The number of hydrogen-bond acceptors (Lipinski definition) is 0. The second kappa shape index (κ2) is 11.1. The van der Waals surface area contributed by atoms with E-state index >= 15 is 0 Å². The molecule has 0 aliphatic heterocycles. The standard InChI is InChI=1S/C52H30Se/c1-2-12-31(13-3-1)33-20-10-23-36-34(21-11-22-35(33)36)32-24-25-43-44(26-32)41-18-8-9-19-42(41)46-28-50-49-27-45-39-16-6-4-14-37(39)38-15-5-7-17-40(38)47(45)29-51(49)53-52(50)30-48(43)46/h1-30H. The van der Waals surface area contributed by atoms with Crippen LogP contribution in [0, 0.1) is 0 Å². The molecule has 0 aliphatic carbocycles. The van der Waals surface area contributed by atoms with Gasteiger partial charge in [-0.3, -0.25) is 0 Å². The van der Waals surface area contributed by atoms with Crippen LogP contribution in [-0.4, -0.2) is 14.5 Å². The van der Waals surface area contributed by atoms with Crippen molar-refractivity contribution in [2.24, 2.45) is 0 Å². The zero-order chi connectivity index (χ0) is 34.6. The summed E-state index contributed by atoms with van der Waals surface area (Å²) in [6, 6.07) is 68.3. The van der Waals surface area contributed by atoms with Crippen LogP contribution in [0.3, 0.4) is 0 Å². The molecule has 0 atom stereocenters. The number of hydrogen-bond donors (Lipinski definition) is 0. The molecular weight excluding hydrogens is 704 g/mol. The second-order valence-electron chi connectivity index (χ2n) is 14.4. The van der Waals surface area contributed by atoms with Crippen molar-refractivity contribution in [3.05, 3.63) is 182 Å². The van der Waals surface area contributed by atoms with E-state index in [1.54, 1.807) is 0 Å². The summed E-state index contributed by atoms with van der Waals surface area (Å²) in [6.07, 6.45) is 0. The molecule has 0 saturated heterocycles. The Labute approximate surface area is 311 Å². The normalized spacial score (nSPS) is 12.2. The van der Waals surface area contributed by atoms with Gasteiger partial charge < -0.3 is 0 Å². The van der Waals surface area contributed by atoms with E-state index in [4.69, 9.17) is 0 Å². The van der Waals surface area contributed by atoms with E-state index in [2.05, 4.69) is 182 Å². The summed E-state index contributed by atoms with van der Waals surface area (Å²) in [5, 5.41) is 21.4. The fourth-order valence-corrected chi connectivity index (χ4v) is 11.6. The van der Waals surface area contributed by atoms with Crippen molar-refractivity contribution in [3.8, 4) is 22.3 Å². The van der Waals surface area contributed by atoms with Crippen LogP contribution in [0.15, 0.2) is 182 Å². The first-order valence-corrected chi connectivity index (χ1v) is 20.0. The van der Waals surface area contributed by atoms with Crippen molar-refractivity contribution in [2.45, 2.75) is 0 Å². The van der Waals surface area contributed by atoms with Gasteiger partial charge in [0.2, 0.25) is 0 Å². The summed E-state index contributed by atoms with van der Waals surface area (Å²) in [7, 11) is 0. The molecule has 0 bridgehead atoms. The second-order valence-corrected chi connectivity index (χ2v) is 16.6. The minimum Gasteiger partial charge on any atom is -0.0617 e. The molecule has 0 spiro atoms. The number of benzene rings is 11. The third-order valence-electron chi connectivity index (χ3n) is 11.6. The van der Waals surface area contributed by atoms with Crippen LogP contribution in [-0.2, 0) is 0 Å². The van der Waals surface area contributed by atoms with Crippen LogP contribution < -0.4 is 0 Å². The molecule has 0 fully saturated rings. The SMILES string of the molecule is c1ccc(-c2cccc3c(-c4ccc5c(c4)c4ccccc4c4cc6c(cc54)[se]c4cc5c7ccccc7c7ccccc7c5cc46)cccc23)cc1. The molecule has 1 heteroatoms. The Balaban J connectivity index is 1.12. The smallest absolute Gasteiger partial charge is 0.0544 e. The molecular formula is C52H30Se. The van der Waals surface area contributed by atoms with E-state index in [1.807, 2.05) is 0 Å². The van der Waals surface area contributed by atoms with E-state index in [0.29, 0.717) is 0 Å². The van der Waals surface area contributed by atoms with E-state index in [1.165, 1.54) is 117 Å². The first kappa shape index (κ1) is 29.3. The van der Waals surface area contributed by atoms with Crippen molar-refractivity contribution >= 4 is 109 Å². The molecule has 0 aliphatic rings. The minimum atomic E-state index is 0.219. The molecule has 11 aromatic carbocycles. The number of rotatable bonds is 2. The van der Waals surface area contributed by atoms with E-state index in [9.17, 15) is 0 Å². The molecule has 12 rings (SSSR count). The average molecular weight is 734 g/mol. The summed E-state index contributed by atoms with van der Waals surface area (Å²) in [6.45, 7) is 0. The molecule has 0 nitrogen and oxygen atoms in total. The molecule has 0 unspecified atom stereocenters. The van der Waals surface area contributed by atoms with Gasteiger partial charge in [0.05, 0.1) is 0 Å². The van der Waals surface area contributed by atoms with Gasteiger partial charge in [-0.15, -0.1) is 0 Å². The Morgan fingerprint density at radius 3 is 1.09 bits per heavy atom. The predicted molar refractivity (Wildman–Crippen MR) is 232 cm³/mol. The Morgan fingerprint density at radius 1 is 0.208 bits per heavy atom. The summed E-state index contributed by atoms with van der Waals surface area (Å²) < 4.78 is 2.96. The van der Waals surface area contributed by atoms with Crippen LogP contribution in [0.2, 0.25) is 0 Å². The maximum Gasteiger partial charge on any atom is -0.0544 e. The molecule has 1 aromatic heterocycles. The van der Waals surface area contributed by atoms with Crippen molar-refractivity contribution in [2.75, 3.05) is 0 Å². The average Bonchev–Trinajstić information content (AvgIpc) is 3.58. The molecule has 12 aromatic rings. The third-order valence-corrected chi connectivity index (χ3v) is 13.9. The van der Waals surface area contributed by atoms with Crippen molar-refractivity contribution in [1.29, 1.82) is 0 Å². The third kappa shape index (κ3) is 4.24. The maximum atomic E-state index is 2.53. The van der Waals surface area contributed by atoms with Crippen molar-refractivity contribution in [1.82, 2.24) is 0 Å². The van der Waals surface area contributed by atoms with Crippen molar-refractivity contribution in [3.63, 3.8) is 0 Å². The van der Waals surface area contributed by atoms with Crippen LogP contribution >= 0.6 is 0 Å². The Hall–Kier alpha value is -6.24. The van der Waals surface area contributed by atoms with Gasteiger partial charge in [0.15, 0.2) is 0 Å². The molecule has 1 heterocycles.